The highest BCUT2D eigenvalue weighted by atomic mass is 35.5. The van der Waals surface area contributed by atoms with Crippen molar-refractivity contribution < 1.29 is 9.59 Å². The Balaban J connectivity index is 1.54. The molecule has 1 fully saturated rings. The molecule has 1 N–H and O–H groups in total. The SMILES string of the molecule is O=C(CN1CCN(C(=O)c2ccc(=O)[nH]c2)CC1)c1ccc(Cl)cc1. The summed E-state index contributed by atoms with van der Waals surface area (Å²) in [4.78, 5) is 42.0. The third kappa shape index (κ3) is 4.35. The van der Waals surface area contributed by atoms with Crippen molar-refractivity contribution in [2.24, 2.45) is 0 Å². The van der Waals surface area contributed by atoms with Crippen LogP contribution in [-0.2, 0) is 0 Å². The number of piperazine rings is 1. The standard InChI is InChI=1S/C18H18ClN3O3/c19-15-4-1-13(2-5-15)16(23)12-21-7-9-22(10-8-21)18(25)14-3-6-17(24)20-11-14/h1-6,11H,7-10,12H2,(H,20,24). The molecule has 1 aromatic heterocycles. The maximum Gasteiger partial charge on any atom is 0.255 e. The third-order valence-electron chi connectivity index (χ3n) is 4.22. The fraction of sp³-hybridized carbons (Fsp3) is 0.278. The summed E-state index contributed by atoms with van der Waals surface area (Å²) >= 11 is 5.83. The number of ketones is 1. The Morgan fingerprint density at radius 3 is 2.20 bits per heavy atom. The van der Waals surface area contributed by atoms with Gasteiger partial charge >= 0.3 is 0 Å². The van der Waals surface area contributed by atoms with Crippen molar-refractivity contribution in [1.82, 2.24) is 14.8 Å². The number of nitrogens with one attached hydrogen (secondary N) is 1. The van der Waals surface area contributed by atoms with Crippen LogP contribution in [-0.4, -0.2) is 59.2 Å². The van der Waals surface area contributed by atoms with Gasteiger partial charge in [-0.15, -0.1) is 0 Å². The van der Waals surface area contributed by atoms with Crippen molar-refractivity contribution in [2.75, 3.05) is 32.7 Å². The molecule has 1 amide bonds. The van der Waals surface area contributed by atoms with E-state index in [1.807, 2.05) is 4.90 Å². The second-order valence-corrected chi connectivity index (χ2v) is 6.38. The number of carbonyl (C=O) groups excluding carboxylic acids is 2. The Labute approximate surface area is 150 Å². The first-order chi connectivity index (χ1) is 12.0. The van der Waals surface area contributed by atoms with Crippen molar-refractivity contribution >= 4 is 23.3 Å². The number of rotatable bonds is 4. The fourth-order valence-corrected chi connectivity index (χ4v) is 2.89. The smallest absolute Gasteiger partial charge is 0.255 e. The van der Waals surface area contributed by atoms with Crippen LogP contribution in [0, 0.1) is 0 Å². The lowest BCUT2D eigenvalue weighted by molar-refractivity contribution is 0.0624. The van der Waals surface area contributed by atoms with Crippen molar-refractivity contribution in [3.8, 4) is 0 Å². The Morgan fingerprint density at radius 2 is 1.60 bits per heavy atom. The number of hydrogen-bond acceptors (Lipinski definition) is 4. The lowest BCUT2D eigenvalue weighted by Gasteiger charge is -2.34. The molecular weight excluding hydrogens is 342 g/mol. The monoisotopic (exact) mass is 359 g/mol. The van der Waals surface area contributed by atoms with Gasteiger partial charge in [0.2, 0.25) is 5.56 Å². The molecule has 0 atom stereocenters. The topological polar surface area (TPSA) is 73.5 Å². The molecule has 0 spiro atoms. The minimum absolute atomic E-state index is 0.0390. The van der Waals surface area contributed by atoms with Gasteiger partial charge in [0, 0.05) is 49.0 Å². The zero-order chi connectivity index (χ0) is 17.8. The fourth-order valence-electron chi connectivity index (χ4n) is 2.77. The average molecular weight is 360 g/mol. The second kappa shape index (κ2) is 7.63. The number of H-pyrrole nitrogens is 1. The van der Waals surface area contributed by atoms with Crippen LogP contribution in [0.5, 0.6) is 0 Å². The van der Waals surface area contributed by atoms with Crippen LogP contribution in [0.4, 0.5) is 0 Å². The minimum atomic E-state index is -0.234. The summed E-state index contributed by atoms with van der Waals surface area (Å²) in [5.41, 5.74) is 0.864. The molecule has 0 unspecified atom stereocenters. The van der Waals surface area contributed by atoms with E-state index in [2.05, 4.69) is 4.98 Å². The highest BCUT2D eigenvalue weighted by molar-refractivity contribution is 6.30. The number of nitrogens with zero attached hydrogens (tertiary/aromatic N) is 2. The van der Waals surface area contributed by atoms with Crippen molar-refractivity contribution in [2.45, 2.75) is 0 Å². The predicted molar refractivity (Wildman–Crippen MR) is 95.2 cm³/mol. The molecule has 2 aromatic rings. The number of pyridine rings is 1. The number of Topliss-reactive ketones (excluding diaryl/α,β-unsaturated/α-hetero) is 1. The number of aromatic amines is 1. The Hall–Kier alpha value is -2.44. The summed E-state index contributed by atoms with van der Waals surface area (Å²) in [7, 11) is 0. The molecule has 3 rings (SSSR count). The van der Waals surface area contributed by atoms with Crippen molar-refractivity contribution in [3.05, 3.63) is 69.1 Å². The number of aromatic nitrogens is 1. The van der Waals surface area contributed by atoms with E-state index >= 15 is 0 Å². The molecule has 0 bridgehead atoms. The molecule has 1 saturated heterocycles. The van der Waals surface area contributed by atoms with Crippen LogP contribution in [0.25, 0.3) is 0 Å². The van der Waals surface area contributed by atoms with E-state index in [1.54, 1.807) is 29.2 Å². The number of hydrogen-bond donors (Lipinski definition) is 1. The summed E-state index contributed by atoms with van der Waals surface area (Å²) in [5, 5.41) is 0.603. The Bertz CT molecular complexity index is 804. The summed E-state index contributed by atoms with van der Waals surface area (Å²) in [6.07, 6.45) is 1.43. The number of amides is 1. The number of halogens is 1. The van der Waals surface area contributed by atoms with Crippen molar-refractivity contribution in [1.29, 1.82) is 0 Å². The lowest BCUT2D eigenvalue weighted by Crippen LogP contribution is -2.50. The van der Waals surface area contributed by atoms with E-state index in [4.69, 9.17) is 11.6 Å². The van der Waals surface area contributed by atoms with Gasteiger partial charge in [-0.2, -0.15) is 0 Å². The molecule has 6 nitrogen and oxygen atoms in total. The van der Waals surface area contributed by atoms with E-state index < -0.39 is 0 Å². The zero-order valence-electron chi connectivity index (χ0n) is 13.6. The van der Waals surface area contributed by atoms with Gasteiger partial charge in [0.1, 0.15) is 0 Å². The molecule has 1 aliphatic heterocycles. The molecule has 0 saturated carbocycles. The second-order valence-electron chi connectivity index (χ2n) is 5.94. The first kappa shape index (κ1) is 17.4. The molecule has 130 valence electrons. The van der Waals surface area contributed by atoms with Gasteiger partial charge in [-0.05, 0) is 30.3 Å². The van der Waals surface area contributed by atoms with Crippen LogP contribution in [0.15, 0.2) is 47.4 Å². The summed E-state index contributed by atoms with van der Waals surface area (Å²) in [6, 6.07) is 9.72. The largest absolute Gasteiger partial charge is 0.336 e. The van der Waals surface area contributed by atoms with Gasteiger partial charge in [0.15, 0.2) is 5.78 Å². The first-order valence-corrected chi connectivity index (χ1v) is 8.40. The van der Waals surface area contributed by atoms with E-state index in [1.165, 1.54) is 18.3 Å². The highest BCUT2D eigenvalue weighted by Gasteiger charge is 2.23. The van der Waals surface area contributed by atoms with Gasteiger partial charge < -0.3 is 9.88 Å². The van der Waals surface area contributed by atoms with Gasteiger partial charge in [0.25, 0.3) is 5.91 Å². The highest BCUT2D eigenvalue weighted by Crippen LogP contribution is 2.12. The quantitative estimate of drug-likeness (QED) is 0.843. The molecule has 7 heteroatoms. The van der Waals surface area contributed by atoms with E-state index in [-0.39, 0.29) is 17.2 Å². The van der Waals surface area contributed by atoms with Crippen LogP contribution in [0.3, 0.4) is 0 Å². The average Bonchev–Trinajstić information content (AvgIpc) is 2.63. The van der Waals surface area contributed by atoms with E-state index in [9.17, 15) is 14.4 Å². The lowest BCUT2D eigenvalue weighted by atomic mass is 10.1. The molecule has 0 radical (unpaired) electrons. The van der Waals surface area contributed by atoms with E-state index in [0.29, 0.717) is 48.9 Å². The van der Waals surface area contributed by atoms with Gasteiger partial charge in [-0.3, -0.25) is 19.3 Å². The zero-order valence-corrected chi connectivity index (χ0v) is 14.3. The number of benzene rings is 1. The molecule has 2 heterocycles. The maximum absolute atomic E-state index is 12.4. The summed E-state index contributed by atoms with van der Waals surface area (Å²) in [5.74, 6) is -0.0722. The van der Waals surface area contributed by atoms with Crippen LogP contribution in [0.1, 0.15) is 20.7 Å². The normalized spacial score (nSPS) is 15.2. The van der Waals surface area contributed by atoms with Crippen molar-refractivity contribution in [3.63, 3.8) is 0 Å². The summed E-state index contributed by atoms with van der Waals surface area (Å²) < 4.78 is 0. The Kier molecular flexibility index (Phi) is 5.31. The molecular formula is C18H18ClN3O3. The van der Waals surface area contributed by atoms with E-state index in [0.717, 1.165) is 0 Å². The molecule has 1 aliphatic rings. The van der Waals surface area contributed by atoms with Crippen LogP contribution < -0.4 is 5.56 Å². The van der Waals surface area contributed by atoms with Gasteiger partial charge in [-0.25, -0.2) is 0 Å². The summed E-state index contributed by atoms with van der Waals surface area (Å²) in [6.45, 7) is 2.68. The molecule has 1 aromatic carbocycles. The minimum Gasteiger partial charge on any atom is -0.336 e. The predicted octanol–water partition coefficient (Wildman–Crippen LogP) is 1.67. The molecule has 25 heavy (non-hydrogen) atoms. The molecule has 0 aliphatic carbocycles. The van der Waals surface area contributed by atoms with Gasteiger partial charge in [-0.1, -0.05) is 11.6 Å². The third-order valence-corrected chi connectivity index (χ3v) is 4.48. The van der Waals surface area contributed by atoms with Crippen LogP contribution >= 0.6 is 11.6 Å². The maximum atomic E-state index is 12.4. The van der Waals surface area contributed by atoms with Crippen LogP contribution in [0.2, 0.25) is 5.02 Å². The number of carbonyl (C=O) groups is 2. The Morgan fingerprint density at radius 1 is 0.960 bits per heavy atom. The first-order valence-electron chi connectivity index (χ1n) is 8.02. The van der Waals surface area contributed by atoms with Gasteiger partial charge in [0.05, 0.1) is 12.1 Å².